The second-order valence-corrected chi connectivity index (χ2v) is 2.53. The highest BCUT2D eigenvalue weighted by Crippen LogP contribution is 2.15. The van der Waals surface area contributed by atoms with E-state index in [9.17, 15) is 9.59 Å². The lowest BCUT2D eigenvalue weighted by Gasteiger charge is -1.88. The van der Waals surface area contributed by atoms with Gasteiger partial charge < -0.3 is 0 Å². The van der Waals surface area contributed by atoms with Gasteiger partial charge in [-0.1, -0.05) is 0 Å². The lowest BCUT2D eigenvalue weighted by Crippen LogP contribution is -2.02. The van der Waals surface area contributed by atoms with Crippen LogP contribution in [-0.2, 0) is 9.59 Å². The molecule has 1 rings (SSSR count). The molecule has 1 fully saturated rings. The smallest absolute Gasteiger partial charge is 0.153 e. The Morgan fingerprint density at radius 1 is 1.50 bits per heavy atom. The van der Waals surface area contributed by atoms with Gasteiger partial charge in [0.25, 0.3) is 0 Å². The van der Waals surface area contributed by atoms with Crippen molar-refractivity contribution in [2.75, 3.05) is 0 Å². The van der Waals surface area contributed by atoms with Crippen LogP contribution in [0.25, 0.3) is 0 Å². The van der Waals surface area contributed by atoms with Gasteiger partial charge in [0.1, 0.15) is 5.78 Å². The van der Waals surface area contributed by atoms with Crippen molar-refractivity contribution in [3.63, 3.8) is 0 Å². The quantitative estimate of drug-likeness (QED) is 0.376. The summed E-state index contributed by atoms with van der Waals surface area (Å²) in [5.41, 5.74) is 0. The topological polar surface area (TPSA) is 34.1 Å². The summed E-state index contributed by atoms with van der Waals surface area (Å²) in [6.07, 6.45) is 0.441. The Labute approximate surface area is 52.7 Å². The van der Waals surface area contributed by atoms with E-state index in [1.54, 1.807) is 0 Å². The summed E-state index contributed by atoms with van der Waals surface area (Å²) in [5.74, 6) is -0.00617. The molecule has 2 nitrogen and oxygen atoms in total. The minimum atomic E-state index is -0.303. The number of hydrogen-bond donors (Lipinski definition) is 1. The molecule has 0 aromatic heterocycles. The highest BCUT2D eigenvalue weighted by molar-refractivity contribution is 7.81. The van der Waals surface area contributed by atoms with Gasteiger partial charge in [0.15, 0.2) is 5.78 Å². The van der Waals surface area contributed by atoms with E-state index in [0.29, 0.717) is 6.42 Å². The summed E-state index contributed by atoms with van der Waals surface area (Å²) in [4.78, 5) is 20.9. The van der Waals surface area contributed by atoms with E-state index in [1.807, 2.05) is 0 Å². The monoisotopic (exact) mass is 130 g/mol. The fraction of sp³-hybridized carbons (Fsp3) is 0.600. The molecule has 3 heteroatoms. The van der Waals surface area contributed by atoms with Gasteiger partial charge in [0.2, 0.25) is 0 Å². The third-order valence-corrected chi connectivity index (χ3v) is 1.63. The first-order valence-corrected chi connectivity index (χ1v) is 2.94. The maximum Gasteiger partial charge on any atom is 0.153 e. The van der Waals surface area contributed by atoms with E-state index in [1.165, 1.54) is 0 Å². The van der Waals surface area contributed by atoms with Crippen LogP contribution in [0.2, 0.25) is 0 Å². The number of carbonyl (C=O) groups is 2. The highest BCUT2D eigenvalue weighted by Gasteiger charge is 2.27. The third kappa shape index (κ3) is 0.916. The van der Waals surface area contributed by atoms with Crippen LogP contribution >= 0.6 is 12.6 Å². The number of rotatable bonds is 0. The van der Waals surface area contributed by atoms with E-state index in [0.717, 1.165) is 0 Å². The molecule has 0 aliphatic heterocycles. The molecule has 1 atom stereocenters. The molecule has 0 bridgehead atoms. The minimum Gasteiger partial charge on any atom is -0.299 e. The molecule has 1 unspecified atom stereocenters. The molecule has 0 heterocycles. The summed E-state index contributed by atoms with van der Waals surface area (Å²) >= 11 is 3.88. The van der Waals surface area contributed by atoms with E-state index in [2.05, 4.69) is 12.6 Å². The van der Waals surface area contributed by atoms with Crippen LogP contribution in [0.5, 0.6) is 0 Å². The van der Waals surface area contributed by atoms with Crippen molar-refractivity contribution in [3.8, 4) is 0 Å². The van der Waals surface area contributed by atoms with Crippen molar-refractivity contribution in [1.82, 2.24) is 0 Å². The van der Waals surface area contributed by atoms with E-state index in [-0.39, 0.29) is 23.2 Å². The SMILES string of the molecule is O=C1CC(=O)C(S)C1. The third-order valence-electron chi connectivity index (χ3n) is 1.16. The number of ketones is 2. The van der Waals surface area contributed by atoms with Crippen molar-refractivity contribution in [3.05, 3.63) is 0 Å². The van der Waals surface area contributed by atoms with Crippen LogP contribution < -0.4 is 0 Å². The predicted molar refractivity (Wildman–Crippen MR) is 32.0 cm³/mol. The van der Waals surface area contributed by atoms with Gasteiger partial charge in [0.05, 0.1) is 11.7 Å². The summed E-state index contributed by atoms with van der Waals surface area (Å²) in [7, 11) is 0. The lowest BCUT2D eigenvalue weighted by molar-refractivity contribution is -0.121. The molecule has 0 aromatic carbocycles. The van der Waals surface area contributed by atoms with Crippen molar-refractivity contribution in [1.29, 1.82) is 0 Å². The zero-order valence-electron chi connectivity index (χ0n) is 4.26. The largest absolute Gasteiger partial charge is 0.299 e. The maximum atomic E-state index is 10.5. The van der Waals surface area contributed by atoms with E-state index in [4.69, 9.17) is 0 Å². The summed E-state index contributed by atoms with van der Waals surface area (Å²) in [6, 6.07) is 0. The molecule has 1 aliphatic carbocycles. The number of carbonyl (C=O) groups excluding carboxylic acids is 2. The Morgan fingerprint density at radius 2 is 2.12 bits per heavy atom. The Bertz CT molecular complexity index is 141. The van der Waals surface area contributed by atoms with Crippen LogP contribution in [0.1, 0.15) is 12.8 Å². The van der Waals surface area contributed by atoms with E-state index >= 15 is 0 Å². The normalized spacial score (nSPS) is 29.4. The molecule has 0 spiro atoms. The number of thiol groups is 1. The molecule has 8 heavy (non-hydrogen) atoms. The molecule has 0 aromatic rings. The van der Waals surface area contributed by atoms with Crippen molar-refractivity contribution in [2.24, 2.45) is 0 Å². The van der Waals surface area contributed by atoms with Gasteiger partial charge in [0, 0.05) is 6.42 Å². The molecule has 44 valence electrons. The molecule has 1 aliphatic rings. The van der Waals surface area contributed by atoms with Gasteiger partial charge in [-0.25, -0.2) is 0 Å². The summed E-state index contributed by atoms with van der Waals surface area (Å²) < 4.78 is 0. The summed E-state index contributed by atoms with van der Waals surface area (Å²) in [5, 5.41) is -0.303. The first-order valence-electron chi connectivity index (χ1n) is 2.42. The first kappa shape index (κ1) is 5.82. The van der Waals surface area contributed by atoms with Gasteiger partial charge in [-0.05, 0) is 0 Å². The Balaban J connectivity index is 2.64. The van der Waals surface area contributed by atoms with Crippen LogP contribution in [0, 0.1) is 0 Å². The van der Waals surface area contributed by atoms with Gasteiger partial charge in [-0.3, -0.25) is 9.59 Å². The van der Waals surface area contributed by atoms with Crippen LogP contribution in [0.4, 0.5) is 0 Å². The molecule has 0 amide bonds. The molecule has 0 N–H and O–H groups in total. The minimum absolute atomic E-state index is 0.0231. The van der Waals surface area contributed by atoms with Crippen molar-refractivity contribution >= 4 is 24.2 Å². The average molecular weight is 130 g/mol. The Hall–Kier alpha value is -0.310. The highest BCUT2D eigenvalue weighted by atomic mass is 32.1. The van der Waals surface area contributed by atoms with Gasteiger partial charge in [-0.15, -0.1) is 0 Å². The predicted octanol–water partition coefficient (Wildman–Crippen LogP) is 0.217. The number of Topliss-reactive ketones (excluding diaryl/α,β-unsaturated/α-hetero) is 2. The van der Waals surface area contributed by atoms with Crippen LogP contribution in [0.3, 0.4) is 0 Å². The fourth-order valence-electron chi connectivity index (χ4n) is 0.714. The number of hydrogen-bond acceptors (Lipinski definition) is 3. The van der Waals surface area contributed by atoms with Gasteiger partial charge in [-0.2, -0.15) is 12.6 Å². The summed E-state index contributed by atoms with van der Waals surface area (Å²) in [6.45, 7) is 0. The first-order chi connectivity index (χ1) is 3.70. The van der Waals surface area contributed by atoms with Crippen molar-refractivity contribution < 1.29 is 9.59 Å². The van der Waals surface area contributed by atoms with Crippen LogP contribution in [0.15, 0.2) is 0 Å². The standard InChI is InChI=1S/C5H6O2S/c6-3-1-4(7)5(8)2-3/h5,8H,1-2H2. The van der Waals surface area contributed by atoms with Gasteiger partial charge >= 0.3 is 0 Å². The zero-order chi connectivity index (χ0) is 6.15. The fourth-order valence-corrected chi connectivity index (χ4v) is 1.01. The Kier molecular flexibility index (Phi) is 1.38. The van der Waals surface area contributed by atoms with E-state index < -0.39 is 0 Å². The van der Waals surface area contributed by atoms with Crippen molar-refractivity contribution in [2.45, 2.75) is 18.1 Å². The second-order valence-electron chi connectivity index (χ2n) is 1.90. The molecule has 0 radical (unpaired) electrons. The van der Waals surface area contributed by atoms with Crippen LogP contribution in [-0.4, -0.2) is 16.8 Å². The lowest BCUT2D eigenvalue weighted by atomic mass is 10.3. The second kappa shape index (κ2) is 1.90. The maximum absolute atomic E-state index is 10.5. The molecular formula is C5H6O2S. The average Bonchev–Trinajstić information content (AvgIpc) is 1.85. The Morgan fingerprint density at radius 3 is 2.25 bits per heavy atom. The zero-order valence-corrected chi connectivity index (χ0v) is 5.15. The molecule has 0 saturated heterocycles. The molecule has 1 saturated carbocycles. The molecular weight excluding hydrogens is 124 g/mol.